The van der Waals surface area contributed by atoms with Gasteiger partial charge in [0.2, 0.25) is 0 Å². The third-order valence-electron chi connectivity index (χ3n) is 6.57. The van der Waals surface area contributed by atoms with Crippen LogP contribution in [0.15, 0.2) is 0 Å². The first kappa shape index (κ1) is 39.7. The van der Waals surface area contributed by atoms with E-state index in [2.05, 4.69) is 13.8 Å². The number of hydrogen-bond donors (Lipinski definition) is 1. The minimum Gasteiger partial charge on any atom is -0.394 e. The molecule has 5 atom stereocenters. The van der Waals surface area contributed by atoms with E-state index in [1.165, 1.54) is 64.2 Å². The highest BCUT2D eigenvalue weighted by Gasteiger charge is 2.13. The fourth-order valence-electron chi connectivity index (χ4n) is 4.03. The molecular weight excluding hydrogens is 512 g/mol. The molecular formula is C32H66O8. The van der Waals surface area contributed by atoms with Crippen molar-refractivity contribution in [3.8, 4) is 0 Å². The Bertz CT molecular complexity index is 496. The summed E-state index contributed by atoms with van der Waals surface area (Å²) >= 11 is 0. The van der Waals surface area contributed by atoms with Crippen LogP contribution >= 0.6 is 0 Å². The van der Waals surface area contributed by atoms with Gasteiger partial charge in [0.05, 0.1) is 90.0 Å². The topological polar surface area (TPSA) is 84.8 Å². The molecule has 40 heavy (non-hydrogen) atoms. The van der Waals surface area contributed by atoms with Gasteiger partial charge in [-0.25, -0.2) is 0 Å². The van der Waals surface area contributed by atoms with Gasteiger partial charge in [0.15, 0.2) is 0 Å². The molecule has 0 fully saturated rings. The highest BCUT2D eigenvalue weighted by molar-refractivity contribution is 4.58. The number of hydrogen-bond acceptors (Lipinski definition) is 8. The number of rotatable bonds is 32. The zero-order chi connectivity index (χ0) is 29.7. The fraction of sp³-hybridized carbons (Fsp3) is 1.00. The van der Waals surface area contributed by atoms with E-state index in [0.29, 0.717) is 52.9 Å². The molecule has 1 N–H and O–H groups in total. The standard InChI is InChI=1S/C32H66O8/c1-7-8-9-10-11-12-13-14-15-16-17-19-35-23-28(2)37-25-30(4)39-27-32(6)40-26-31(5)38-24-29(3)36-22-21-34-20-18-33/h28-33H,7-27H2,1-6H3. The van der Waals surface area contributed by atoms with Gasteiger partial charge < -0.3 is 38.3 Å². The highest BCUT2D eigenvalue weighted by atomic mass is 16.6. The van der Waals surface area contributed by atoms with Gasteiger partial charge in [-0.15, -0.1) is 0 Å². The van der Waals surface area contributed by atoms with Gasteiger partial charge in [-0.3, -0.25) is 0 Å². The van der Waals surface area contributed by atoms with E-state index < -0.39 is 0 Å². The summed E-state index contributed by atoms with van der Waals surface area (Å²) in [5.41, 5.74) is 0. The Morgan fingerprint density at radius 2 is 0.800 bits per heavy atom. The summed E-state index contributed by atoms with van der Waals surface area (Å²) in [4.78, 5) is 0. The minimum absolute atomic E-state index is 0.00632. The van der Waals surface area contributed by atoms with Crippen LogP contribution in [0.25, 0.3) is 0 Å². The third-order valence-corrected chi connectivity index (χ3v) is 6.57. The highest BCUT2D eigenvalue weighted by Crippen LogP contribution is 2.11. The Hall–Kier alpha value is -0.320. The second kappa shape index (κ2) is 30.1. The maximum atomic E-state index is 8.68. The summed E-state index contributed by atoms with van der Waals surface area (Å²) < 4.78 is 40.1. The summed E-state index contributed by atoms with van der Waals surface area (Å²) in [6.07, 6.45) is 14.8. The number of unbranched alkanes of at least 4 members (excludes halogenated alkanes) is 10. The number of aliphatic hydroxyl groups excluding tert-OH is 1. The predicted molar refractivity (Wildman–Crippen MR) is 162 cm³/mol. The fourth-order valence-corrected chi connectivity index (χ4v) is 4.03. The molecule has 0 spiro atoms. The summed E-state index contributed by atoms with van der Waals surface area (Å²) in [5, 5.41) is 8.68. The molecule has 5 unspecified atom stereocenters. The Kier molecular flexibility index (Phi) is 29.9. The molecule has 0 aliphatic carbocycles. The first-order chi connectivity index (χ1) is 19.4. The van der Waals surface area contributed by atoms with Crippen LogP contribution in [0.5, 0.6) is 0 Å². The van der Waals surface area contributed by atoms with Crippen LogP contribution in [0.3, 0.4) is 0 Å². The van der Waals surface area contributed by atoms with E-state index in [9.17, 15) is 0 Å². The first-order valence-electron chi connectivity index (χ1n) is 16.2. The molecule has 0 rings (SSSR count). The lowest BCUT2D eigenvalue weighted by Crippen LogP contribution is -2.29. The lowest BCUT2D eigenvalue weighted by atomic mass is 10.1. The van der Waals surface area contributed by atoms with Crippen molar-refractivity contribution in [2.24, 2.45) is 0 Å². The van der Waals surface area contributed by atoms with Crippen LogP contribution < -0.4 is 0 Å². The van der Waals surface area contributed by atoms with Crippen LogP contribution in [0.1, 0.15) is 112 Å². The first-order valence-corrected chi connectivity index (χ1v) is 16.2. The van der Waals surface area contributed by atoms with E-state index in [1.54, 1.807) is 0 Å². The Morgan fingerprint density at radius 1 is 0.400 bits per heavy atom. The maximum Gasteiger partial charge on any atom is 0.0781 e. The zero-order valence-corrected chi connectivity index (χ0v) is 27.0. The Morgan fingerprint density at radius 3 is 1.25 bits per heavy atom. The van der Waals surface area contributed by atoms with Gasteiger partial charge in [-0.2, -0.15) is 0 Å². The molecule has 0 aliphatic rings. The second-order valence-corrected chi connectivity index (χ2v) is 11.2. The van der Waals surface area contributed by atoms with Crippen molar-refractivity contribution in [3.05, 3.63) is 0 Å². The molecule has 0 aromatic heterocycles. The lowest BCUT2D eigenvalue weighted by molar-refractivity contribution is -0.101. The number of ether oxygens (including phenoxy) is 7. The van der Waals surface area contributed by atoms with E-state index in [1.807, 2.05) is 27.7 Å². The smallest absolute Gasteiger partial charge is 0.0781 e. The quantitative estimate of drug-likeness (QED) is 0.0925. The molecule has 0 saturated heterocycles. The van der Waals surface area contributed by atoms with Crippen molar-refractivity contribution >= 4 is 0 Å². The second-order valence-electron chi connectivity index (χ2n) is 11.2. The molecule has 0 heterocycles. The summed E-state index contributed by atoms with van der Waals surface area (Å²) in [5.74, 6) is 0. The van der Waals surface area contributed by atoms with Crippen molar-refractivity contribution in [1.82, 2.24) is 0 Å². The summed E-state index contributed by atoms with van der Waals surface area (Å²) in [7, 11) is 0. The van der Waals surface area contributed by atoms with Crippen LogP contribution in [0, 0.1) is 0 Å². The monoisotopic (exact) mass is 578 g/mol. The van der Waals surface area contributed by atoms with Crippen LogP contribution in [-0.4, -0.2) is 102 Å². The Labute approximate surface area is 247 Å². The van der Waals surface area contributed by atoms with Crippen molar-refractivity contribution < 1.29 is 38.3 Å². The number of aliphatic hydroxyl groups is 1. The van der Waals surface area contributed by atoms with Crippen molar-refractivity contribution in [2.45, 2.75) is 143 Å². The van der Waals surface area contributed by atoms with Crippen LogP contribution in [0.4, 0.5) is 0 Å². The molecule has 8 heteroatoms. The van der Waals surface area contributed by atoms with Gasteiger partial charge in [0.25, 0.3) is 0 Å². The van der Waals surface area contributed by atoms with E-state index in [0.717, 1.165) is 13.0 Å². The SMILES string of the molecule is CCCCCCCCCCCCCOCC(C)OCC(C)OCC(C)OCC(C)OCC(C)OCCOCCO. The van der Waals surface area contributed by atoms with E-state index in [4.69, 9.17) is 38.3 Å². The van der Waals surface area contributed by atoms with Crippen molar-refractivity contribution in [2.75, 3.05) is 66.1 Å². The molecule has 0 bridgehead atoms. The van der Waals surface area contributed by atoms with Gasteiger partial charge in [0, 0.05) is 6.61 Å². The summed E-state index contributed by atoms with van der Waals surface area (Å²) in [6, 6.07) is 0. The zero-order valence-electron chi connectivity index (χ0n) is 27.0. The van der Waals surface area contributed by atoms with Crippen molar-refractivity contribution in [1.29, 1.82) is 0 Å². The van der Waals surface area contributed by atoms with Gasteiger partial charge in [0.1, 0.15) is 0 Å². The lowest BCUT2D eigenvalue weighted by Gasteiger charge is -2.22. The normalized spacial score (nSPS) is 15.7. The van der Waals surface area contributed by atoms with Crippen molar-refractivity contribution in [3.63, 3.8) is 0 Å². The molecule has 8 nitrogen and oxygen atoms in total. The van der Waals surface area contributed by atoms with Crippen LogP contribution in [0.2, 0.25) is 0 Å². The van der Waals surface area contributed by atoms with Gasteiger partial charge in [-0.1, -0.05) is 71.1 Å². The third kappa shape index (κ3) is 29.2. The molecule has 0 aromatic rings. The Balaban J connectivity index is 3.57. The van der Waals surface area contributed by atoms with Crippen LogP contribution in [-0.2, 0) is 33.2 Å². The predicted octanol–water partition coefficient (Wildman–Crippen LogP) is 6.35. The molecule has 0 aliphatic heterocycles. The largest absolute Gasteiger partial charge is 0.394 e. The van der Waals surface area contributed by atoms with Gasteiger partial charge >= 0.3 is 0 Å². The average molecular weight is 579 g/mol. The molecule has 0 saturated carbocycles. The molecule has 242 valence electrons. The van der Waals surface area contributed by atoms with E-state index in [-0.39, 0.29) is 37.1 Å². The molecule has 0 aromatic carbocycles. The minimum atomic E-state index is -0.0362. The molecule has 0 amide bonds. The molecule has 0 radical (unpaired) electrons. The summed E-state index contributed by atoms with van der Waals surface area (Å²) in [6.45, 7) is 17.1. The maximum absolute atomic E-state index is 8.68. The van der Waals surface area contributed by atoms with Gasteiger partial charge in [-0.05, 0) is 41.0 Å². The average Bonchev–Trinajstić information content (AvgIpc) is 2.95. The van der Waals surface area contributed by atoms with E-state index >= 15 is 0 Å².